The lowest BCUT2D eigenvalue weighted by Crippen LogP contribution is -2.56. The zero-order chi connectivity index (χ0) is 18.1. The highest BCUT2D eigenvalue weighted by atomic mass is 79.9. The van der Waals surface area contributed by atoms with Crippen LogP contribution in [-0.2, 0) is 4.74 Å². The van der Waals surface area contributed by atoms with E-state index in [0.29, 0.717) is 6.61 Å². The van der Waals surface area contributed by atoms with Crippen LogP contribution in [0.3, 0.4) is 0 Å². The van der Waals surface area contributed by atoms with Gasteiger partial charge in [0.1, 0.15) is 0 Å². The molecule has 0 saturated carbocycles. The second-order valence-corrected chi connectivity index (χ2v) is 10.7. The first-order chi connectivity index (χ1) is 11.1. The van der Waals surface area contributed by atoms with Gasteiger partial charge in [0.15, 0.2) is 8.90 Å². The summed E-state index contributed by atoms with van der Waals surface area (Å²) in [5, 5.41) is 2.23. The average molecular weight is 647 g/mol. The van der Waals surface area contributed by atoms with Crippen molar-refractivity contribution in [2.75, 3.05) is 11.9 Å². The third kappa shape index (κ3) is 2.33. The molecule has 1 unspecified atom stereocenters. The van der Waals surface area contributed by atoms with Crippen molar-refractivity contribution in [1.29, 1.82) is 0 Å². The molecule has 0 radical (unpaired) electrons. The third-order valence-corrected chi connectivity index (χ3v) is 10.9. The highest BCUT2D eigenvalue weighted by Gasteiger charge is 2.78. The minimum atomic E-state index is -1.35. The largest absolute Gasteiger partial charge is 0.350 e. The fourth-order valence-electron chi connectivity index (χ4n) is 3.01. The quantitative estimate of drug-likeness (QED) is 0.175. The maximum atomic E-state index is 6.57. The van der Waals surface area contributed by atoms with Gasteiger partial charge in [-0.05, 0) is 12.8 Å². The van der Waals surface area contributed by atoms with Gasteiger partial charge in [0.25, 0.3) is 0 Å². The molecule has 0 aromatic carbocycles. The Morgan fingerprint density at radius 1 is 0.750 bits per heavy atom. The van der Waals surface area contributed by atoms with Crippen LogP contribution >= 0.6 is 117 Å². The van der Waals surface area contributed by atoms with Crippen LogP contribution < -0.4 is 0 Å². The summed E-state index contributed by atoms with van der Waals surface area (Å²) < 4.78 is 3.81. The maximum Gasteiger partial charge on any atom is 0.201 e. The molecule has 2 nitrogen and oxygen atoms in total. The Labute approximate surface area is 194 Å². The lowest BCUT2D eigenvalue weighted by molar-refractivity contribution is -0.0887. The number of unbranched alkanes of at least 4 members (excludes halogenated alkanes) is 1. The first-order valence-electron chi connectivity index (χ1n) is 6.69. The summed E-state index contributed by atoms with van der Waals surface area (Å²) in [5.74, 6) is 0. The fourth-order valence-corrected chi connectivity index (χ4v) is 8.06. The van der Waals surface area contributed by atoms with E-state index in [1.165, 1.54) is 0 Å². The van der Waals surface area contributed by atoms with E-state index in [9.17, 15) is 0 Å². The summed E-state index contributed by atoms with van der Waals surface area (Å²) in [6.07, 6.45) is 1.72. The molecule has 11 heteroatoms. The molecule has 3 aliphatic rings. The smallest absolute Gasteiger partial charge is 0.201 e. The lowest BCUT2D eigenvalue weighted by Gasteiger charge is -2.42. The van der Waals surface area contributed by atoms with E-state index >= 15 is 0 Å². The molecule has 0 fully saturated rings. The molecule has 0 saturated heterocycles. The van der Waals surface area contributed by atoms with Crippen LogP contribution in [0.2, 0.25) is 0 Å². The van der Waals surface area contributed by atoms with E-state index < -0.39 is 14.6 Å². The Bertz CT molecular complexity index is 662. The summed E-state index contributed by atoms with van der Waals surface area (Å²) in [6, 6.07) is 0. The van der Waals surface area contributed by atoms with Gasteiger partial charge in [0.05, 0.1) is 30.2 Å². The summed E-state index contributed by atoms with van der Waals surface area (Å²) in [7, 11) is 0. The zero-order valence-electron chi connectivity index (χ0n) is 11.6. The number of nitrogens with zero attached hydrogens (tertiary/aromatic N) is 1. The predicted molar refractivity (Wildman–Crippen MR) is 113 cm³/mol. The van der Waals surface area contributed by atoms with Crippen LogP contribution in [0.5, 0.6) is 0 Å². The average Bonchev–Trinajstić information content (AvgIpc) is 2.93. The van der Waals surface area contributed by atoms with E-state index in [1.807, 2.05) is 0 Å². The number of rotatable bonds is 5. The van der Waals surface area contributed by atoms with Gasteiger partial charge in [0.2, 0.25) is 5.72 Å². The Hall–Kier alpha value is 2.32. The molecule has 3 heterocycles. The van der Waals surface area contributed by atoms with Crippen molar-refractivity contribution in [1.82, 2.24) is 4.90 Å². The number of hydrogen-bond acceptors (Lipinski definition) is 2. The van der Waals surface area contributed by atoms with E-state index in [4.69, 9.17) is 74.3 Å². The molecule has 0 amide bonds. The van der Waals surface area contributed by atoms with Crippen LogP contribution in [0, 0.1) is 0 Å². The number of hydrogen-bond donors (Lipinski definition) is 0. The molecule has 0 bridgehead atoms. The van der Waals surface area contributed by atoms with Crippen molar-refractivity contribution in [3.05, 3.63) is 30.2 Å². The minimum absolute atomic E-state index is 0.201. The molecule has 24 heavy (non-hydrogen) atoms. The van der Waals surface area contributed by atoms with Gasteiger partial charge in [0, 0.05) is 11.9 Å². The van der Waals surface area contributed by atoms with Crippen molar-refractivity contribution in [2.24, 2.45) is 0 Å². The first kappa shape index (κ1) is 21.0. The lowest BCUT2D eigenvalue weighted by atomic mass is 10.2. The number of ether oxygens (including phenoxy) is 1. The molecule has 0 aliphatic carbocycles. The Morgan fingerprint density at radius 2 is 1.17 bits per heavy atom. The highest BCUT2D eigenvalue weighted by molar-refractivity contribution is 9.11. The van der Waals surface area contributed by atoms with Crippen molar-refractivity contribution >= 4 is 117 Å². The van der Waals surface area contributed by atoms with Gasteiger partial charge in [-0.3, -0.25) is 0 Å². The predicted octanol–water partition coefficient (Wildman–Crippen LogP) is 7.47. The molecule has 0 aromatic heterocycles. The number of alkyl halides is 3. The molecule has 0 spiro atoms. The molecule has 134 valence electrons. The van der Waals surface area contributed by atoms with Gasteiger partial charge in [-0.1, -0.05) is 117 Å². The van der Waals surface area contributed by atoms with Gasteiger partial charge >= 0.3 is 0 Å². The molecule has 3 atom stereocenters. The van der Waals surface area contributed by atoms with E-state index in [-0.39, 0.29) is 30.2 Å². The standard InChI is InChI=1S/C13H8Br3Cl6NO/c14-3-1-2-4-24-13-9(21)7(19)11(15)5(17)6(18)12(16,23(11)13)8(20)10(13)22/h1-4H2/t11-,12+,13?. The second-order valence-electron chi connectivity index (χ2n) is 5.35. The van der Waals surface area contributed by atoms with Gasteiger partial charge < -0.3 is 4.74 Å². The van der Waals surface area contributed by atoms with E-state index in [1.54, 1.807) is 4.90 Å². The number of halogens is 9. The summed E-state index contributed by atoms with van der Waals surface area (Å²) in [6.45, 7) is 0.393. The van der Waals surface area contributed by atoms with E-state index in [2.05, 4.69) is 47.8 Å². The Kier molecular flexibility index (Phi) is 6.12. The minimum Gasteiger partial charge on any atom is -0.350 e. The summed E-state index contributed by atoms with van der Waals surface area (Å²) in [4.78, 5) is 1.72. The van der Waals surface area contributed by atoms with Gasteiger partial charge in [-0.15, -0.1) is 0 Å². The van der Waals surface area contributed by atoms with Crippen molar-refractivity contribution < 1.29 is 4.74 Å². The fraction of sp³-hybridized carbons (Fsp3) is 0.538. The summed E-state index contributed by atoms with van der Waals surface area (Å²) in [5.41, 5.74) is -1.35. The van der Waals surface area contributed by atoms with Crippen LogP contribution in [0.1, 0.15) is 12.8 Å². The topological polar surface area (TPSA) is 12.5 Å². The van der Waals surface area contributed by atoms with E-state index in [0.717, 1.165) is 18.2 Å². The Balaban J connectivity index is 2.17. The molecular weight excluding hydrogens is 639 g/mol. The molecule has 3 rings (SSSR count). The normalized spacial score (nSPS) is 38.9. The van der Waals surface area contributed by atoms with Crippen LogP contribution in [0.25, 0.3) is 0 Å². The van der Waals surface area contributed by atoms with Gasteiger partial charge in [-0.2, -0.15) is 0 Å². The highest BCUT2D eigenvalue weighted by Crippen LogP contribution is 2.74. The van der Waals surface area contributed by atoms with Crippen molar-refractivity contribution in [3.8, 4) is 0 Å². The van der Waals surface area contributed by atoms with Crippen LogP contribution in [-0.4, -0.2) is 31.5 Å². The third-order valence-electron chi connectivity index (χ3n) is 4.11. The molecule has 0 N–H and O–H groups in total. The monoisotopic (exact) mass is 641 g/mol. The summed E-state index contributed by atoms with van der Waals surface area (Å²) >= 11 is 49.6. The maximum absolute atomic E-state index is 6.57. The Morgan fingerprint density at radius 3 is 1.58 bits per heavy atom. The van der Waals surface area contributed by atoms with Gasteiger partial charge in [-0.25, -0.2) is 4.90 Å². The molecular formula is C13H8Br3Cl6NO. The van der Waals surface area contributed by atoms with Crippen LogP contribution in [0.15, 0.2) is 30.2 Å². The molecule has 3 aliphatic heterocycles. The SMILES string of the molecule is ClC1=C(Cl)[C@@]2(Br)C(Cl)=C(Cl)[C@@]3(Br)C(Cl)=C(Cl)C1(OCCCCBr)N23. The first-order valence-corrected chi connectivity index (χ1v) is 11.7. The molecule has 0 aromatic rings. The van der Waals surface area contributed by atoms with Crippen molar-refractivity contribution in [2.45, 2.75) is 27.5 Å². The zero-order valence-corrected chi connectivity index (χ0v) is 20.9. The van der Waals surface area contributed by atoms with Crippen LogP contribution in [0.4, 0.5) is 0 Å². The van der Waals surface area contributed by atoms with Crippen molar-refractivity contribution in [3.63, 3.8) is 0 Å². The second kappa shape index (κ2) is 6.98.